The second-order valence-corrected chi connectivity index (χ2v) is 7.80. The van der Waals surface area contributed by atoms with Gasteiger partial charge in [-0.25, -0.2) is 0 Å². The molecule has 0 atom stereocenters. The number of morpholine rings is 1. The summed E-state index contributed by atoms with van der Waals surface area (Å²) in [5, 5.41) is 2.84. The Labute approximate surface area is 188 Å². The van der Waals surface area contributed by atoms with Crippen LogP contribution in [0.3, 0.4) is 0 Å². The van der Waals surface area contributed by atoms with Crippen LogP contribution in [0.4, 0.5) is 11.4 Å². The van der Waals surface area contributed by atoms with Gasteiger partial charge >= 0.3 is 0 Å². The zero-order valence-electron chi connectivity index (χ0n) is 18.3. The number of anilines is 2. The number of hydrogen-bond donors (Lipinski definition) is 1. The topological polar surface area (TPSA) is 80.3 Å². The van der Waals surface area contributed by atoms with E-state index in [0.717, 1.165) is 26.1 Å². The number of ether oxygens (including phenoxy) is 3. The van der Waals surface area contributed by atoms with Crippen molar-refractivity contribution in [2.75, 3.05) is 62.8 Å². The molecular formula is C24H29N3O5. The summed E-state index contributed by atoms with van der Waals surface area (Å²) in [6.07, 6.45) is 0.953. The average Bonchev–Trinajstić information content (AvgIpc) is 2.83. The summed E-state index contributed by atoms with van der Waals surface area (Å²) in [6.45, 7) is 6.49. The lowest BCUT2D eigenvalue weighted by atomic mass is 10.2. The molecule has 1 N–H and O–H groups in total. The van der Waals surface area contributed by atoms with Gasteiger partial charge in [0.2, 0.25) is 0 Å². The summed E-state index contributed by atoms with van der Waals surface area (Å²) in [5.74, 6) is 0.924. The van der Waals surface area contributed by atoms with Crippen LogP contribution in [-0.4, -0.2) is 69.3 Å². The van der Waals surface area contributed by atoms with Crippen LogP contribution in [0.2, 0.25) is 0 Å². The van der Waals surface area contributed by atoms with Gasteiger partial charge in [0.05, 0.1) is 18.9 Å². The predicted octanol–water partition coefficient (Wildman–Crippen LogP) is 2.32. The summed E-state index contributed by atoms with van der Waals surface area (Å²) in [7, 11) is 0. The number of carbonyl (C=O) groups excluding carboxylic acids is 2. The standard InChI is InChI=1S/C24H29N3O5/c1-2-18-3-6-20(7-4-18)31-16-23(28)25-19-5-8-22-21(15-19)27(24(29)17-32-22)10-9-26-11-13-30-14-12-26/h3-8,15H,2,9-14,16-17H2,1H3,(H,25,28). The molecule has 0 aromatic heterocycles. The molecule has 0 spiro atoms. The molecule has 2 aliphatic rings. The van der Waals surface area contributed by atoms with Gasteiger partial charge in [-0.3, -0.25) is 14.5 Å². The van der Waals surface area contributed by atoms with Gasteiger partial charge in [-0.05, 0) is 42.3 Å². The highest BCUT2D eigenvalue weighted by Gasteiger charge is 2.26. The first-order valence-corrected chi connectivity index (χ1v) is 11.0. The van der Waals surface area contributed by atoms with Gasteiger partial charge in [0.25, 0.3) is 11.8 Å². The van der Waals surface area contributed by atoms with E-state index in [2.05, 4.69) is 17.1 Å². The molecule has 0 saturated carbocycles. The molecule has 2 heterocycles. The number of amides is 2. The maximum Gasteiger partial charge on any atom is 0.265 e. The number of fused-ring (bicyclic) bond motifs is 1. The molecule has 2 aromatic rings. The van der Waals surface area contributed by atoms with Crippen LogP contribution in [0.15, 0.2) is 42.5 Å². The van der Waals surface area contributed by atoms with Gasteiger partial charge in [0, 0.05) is 31.9 Å². The normalized spacial score (nSPS) is 16.3. The first kappa shape index (κ1) is 22.1. The van der Waals surface area contributed by atoms with Crippen molar-refractivity contribution in [2.45, 2.75) is 13.3 Å². The van der Waals surface area contributed by atoms with Gasteiger partial charge in [-0.2, -0.15) is 0 Å². The Kier molecular flexibility index (Phi) is 7.24. The van der Waals surface area contributed by atoms with Crippen LogP contribution in [0.25, 0.3) is 0 Å². The van der Waals surface area contributed by atoms with E-state index in [1.807, 2.05) is 24.3 Å². The summed E-state index contributed by atoms with van der Waals surface area (Å²) in [6, 6.07) is 13.0. The molecule has 8 heteroatoms. The van der Waals surface area contributed by atoms with Crippen LogP contribution in [0.5, 0.6) is 11.5 Å². The van der Waals surface area contributed by atoms with Gasteiger partial charge in [-0.1, -0.05) is 19.1 Å². The van der Waals surface area contributed by atoms with Crippen molar-refractivity contribution >= 4 is 23.2 Å². The number of nitrogens with one attached hydrogen (secondary N) is 1. The number of carbonyl (C=O) groups is 2. The van der Waals surface area contributed by atoms with E-state index >= 15 is 0 Å². The van der Waals surface area contributed by atoms with E-state index in [-0.39, 0.29) is 25.0 Å². The fraction of sp³-hybridized carbons (Fsp3) is 0.417. The van der Waals surface area contributed by atoms with Crippen molar-refractivity contribution in [3.8, 4) is 11.5 Å². The molecule has 2 aromatic carbocycles. The lowest BCUT2D eigenvalue weighted by Crippen LogP contribution is -2.45. The molecule has 0 bridgehead atoms. The number of benzene rings is 2. The summed E-state index contributed by atoms with van der Waals surface area (Å²) >= 11 is 0. The van der Waals surface area contributed by atoms with Crippen molar-refractivity contribution < 1.29 is 23.8 Å². The molecule has 1 fully saturated rings. The average molecular weight is 440 g/mol. The fourth-order valence-corrected chi connectivity index (χ4v) is 3.76. The number of rotatable bonds is 8. The zero-order chi connectivity index (χ0) is 22.3. The lowest BCUT2D eigenvalue weighted by Gasteiger charge is -2.33. The SMILES string of the molecule is CCc1ccc(OCC(=O)Nc2ccc3c(c2)N(CCN2CCOCC2)C(=O)CO3)cc1. The fourth-order valence-electron chi connectivity index (χ4n) is 3.76. The monoisotopic (exact) mass is 439 g/mol. The van der Waals surface area contributed by atoms with E-state index in [9.17, 15) is 9.59 Å². The smallest absolute Gasteiger partial charge is 0.265 e. The lowest BCUT2D eigenvalue weighted by molar-refractivity contribution is -0.121. The van der Waals surface area contributed by atoms with Gasteiger partial charge < -0.3 is 24.4 Å². The maximum absolute atomic E-state index is 12.5. The Morgan fingerprint density at radius 1 is 1.09 bits per heavy atom. The molecule has 2 aliphatic heterocycles. The Morgan fingerprint density at radius 2 is 1.88 bits per heavy atom. The van der Waals surface area contributed by atoms with Crippen molar-refractivity contribution in [2.24, 2.45) is 0 Å². The summed E-state index contributed by atoms with van der Waals surface area (Å²) in [5.41, 5.74) is 2.47. The minimum atomic E-state index is -0.271. The second-order valence-electron chi connectivity index (χ2n) is 7.80. The summed E-state index contributed by atoms with van der Waals surface area (Å²) < 4.78 is 16.5. The van der Waals surface area contributed by atoms with Crippen molar-refractivity contribution in [3.05, 3.63) is 48.0 Å². The molecule has 2 amide bonds. The van der Waals surface area contributed by atoms with E-state index < -0.39 is 0 Å². The quantitative estimate of drug-likeness (QED) is 0.680. The van der Waals surface area contributed by atoms with Crippen LogP contribution >= 0.6 is 0 Å². The highest BCUT2D eigenvalue weighted by Crippen LogP contribution is 2.34. The first-order chi connectivity index (χ1) is 15.6. The second kappa shape index (κ2) is 10.5. The molecule has 170 valence electrons. The van der Waals surface area contributed by atoms with E-state index in [1.54, 1.807) is 23.1 Å². The molecular weight excluding hydrogens is 410 g/mol. The molecule has 0 radical (unpaired) electrons. The van der Waals surface area contributed by atoms with Crippen LogP contribution in [0, 0.1) is 0 Å². The maximum atomic E-state index is 12.5. The van der Waals surface area contributed by atoms with E-state index in [1.165, 1.54) is 5.56 Å². The number of hydrogen-bond acceptors (Lipinski definition) is 6. The highest BCUT2D eigenvalue weighted by molar-refractivity contribution is 5.99. The first-order valence-electron chi connectivity index (χ1n) is 11.0. The van der Waals surface area contributed by atoms with Gasteiger partial charge in [0.15, 0.2) is 13.2 Å². The third-order valence-electron chi connectivity index (χ3n) is 5.63. The third-order valence-corrected chi connectivity index (χ3v) is 5.63. The Hall–Kier alpha value is -3.10. The molecule has 8 nitrogen and oxygen atoms in total. The van der Waals surface area contributed by atoms with E-state index in [4.69, 9.17) is 14.2 Å². The van der Waals surface area contributed by atoms with Crippen LogP contribution in [-0.2, 0) is 20.7 Å². The minimum absolute atomic E-state index is 0.0203. The molecule has 4 rings (SSSR count). The molecule has 0 aliphatic carbocycles. The van der Waals surface area contributed by atoms with Gasteiger partial charge in [0.1, 0.15) is 11.5 Å². The van der Waals surface area contributed by atoms with Crippen LogP contribution in [0.1, 0.15) is 12.5 Å². The highest BCUT2D eigenvalue weighted by atomic mass is 16.5. The number of nitrogens with zero attached hydrogens (tertiary/aromatic N) is 2. The predicted molar refractivity (Wildman–Crippen MR) is 121 cm³/mol. The van der Waals surface area contributed by atoms with Gasteiger partial charge in [-0.15, -0.1) is 0 Å². The number of aryl methyl sites for hydroxylation is 1. The molecule has 1 saturated heterocycles. The Bertz CT molecular complexity index is 941. The zero-order valence-corrected chi connectivity index (χ0v) is 18.3. The van der Waals surface area contributed by atoms with Crippen molar-refractivity contribution in [3.63, 3.8) is 0 Å². The molecule has 32 heavy (non-hydrogen) atoms. The minimum Gasteiger partial charge on any atom is -0.484 e. The Morgan fingerprint density at radius 3 is 2.62 bits per heavy atom. The van der Waals surface area contributed by atoms with Crippen LogP contribution < -0.4 is 19.7 Å². The third kappa shape index (κ3) is 5.57. The van der Waals surface area contributed by atoms with Crippen molar-refractivity contribution in [1.29, 1.82) is 0 Å². The van der Waals surface area contributed by atoms with E-state index in [0.29, 0.717) is 42.6 Å². The molecule has 0 unspecified atom stereocenters. The Balaban J connectivity index is 1.36. The van der Waals surface area contributed by atoms with Crippen molar-refractivity contribution in [1.82, 2.24) is 4.90 Å². The largest absolute Gasteiger partial charge is 0.484 e. The summed E-state index contributed by atoms with van der Waals surface area (Å²) in [4.78, 5) is 28.9.